The number of methoxy groups -OCH3 is 2. The molecular formula is C21H22N4O4. The maximum Gasteiger partial charge on any atom is 0.321 e. The third-order valence-corrected chi connectivity index (χ3v) is 4.22. The van der Waals surface area contributed by atoms with E-state index in [-0.39, 0.29) is 18.6 Å². The zero-order valence-corrected chi connectivity index (χ0v) is 16.2. The monoisotopic (exact) mass is 394 g/mol. The summed E-state index contributed by atoms with van der Waals surface area (Å²) in [4.78, 5) is 25.4. The van der Waals surface area contributed by atoms with Gasteiger partial charge in [-0.15, -0.1) is 0 Å². The number of hydrogen-bond acceptors (Lipinski definition) is 4. The Kier molecular flexibility index (Phi) is 6.43. The fourth-order valence-corrected chi connectivity index (χ4v) is 2.77. The number of rotatable bonds is 5. The van der Waals surface area contributed by atoms with Gasteiger partial charge in [0.2, 0.25) is 0 Å². The van der Waals surface area contributed by atoms with E-state index in [0.29, 0.717) is 30.3 Å². The summed E-state index contributed by atoms with van der Waals surface area (Å²) in [5, 5.41) is 8.15. The summed E-state index contributed by atoms with van der Waals surface area (Å²) in [6.45, 7) is 1.49. The van der Waals surface area contributed by atoms with E-state index in [1.807, 2.05) is 24.3 Å². The van der Waals surface area contributed by atoms with E-state index in [0.717, 1.165) is 11.3 Å². The first kappa shape index (κ1) is 19.9. The van der Waals surface area contributed by atoms with Crippen LogP contribution >= 0.6 is 0 Å². The van der Waals surface area contributed by atoms with Gasteiger partial charge in [0.15, 0.2) is 0 Å². The third-order valence-electron chi connectivity index (χ3n) is 4.22. The Morgan fingerprint density at radius 3 is 2.41 bits per heavy atom. The second kappa shape index (κ2) is 9.37. The lowest BCUT2D eigenvalue weighted by Gasteiger charge is -2.13. The van der Waals surface area contributed by atoms with E-state index in [1.54, 1.807) is 37.3 Å². The van der Waals surface area contributed by atoms with Gasteiger partial charge in [0.1, 0.15) is 11.5 Å². The number of ether oxygens (including phenoxy) is 2. The fourth-order valence-electron chi connectivity index (χ4n) is 2.77. The molecule has 8 heteroatoms. The molecule has 8 nitrogen and oxygen atoms in total. The Labute approximate surface area is 169 Å². The second-order valence-electron chi connectivity index (χ2n) is 6.14. The van der Waals surface area contributed by atoms with Gasteiger partial charge in [-0.2, -0.15) is 0 Å². The van der Waals surface area contributed by atoms with Gasteiger partial charge in [-0.3, -0.25) is 4.90 Å². The van der Waals surface area contributed by atoms with Crippen LogP contribution in [0.5, 0.6) is 11.5 Å². The molecule has 2 aromatic rings. The van der Waals surface area contributed by atoms with Crippen LogP contribution in [0.4, 0.5) is 21.0 Å². The molecular weight excluding hydrogens is 372 g/mol. The average Bonchev–Trinajstić information content (AvgIpc) is 3.17. The van der Waals surface area contributed by atoms with E-state index >= 15 is 0 Å². The van der Waals surface area contributed by atoms with Gasteiger partial charge in [-0.05, 0) is 24.3 Å². The van der Waals surface area contributed by atoms with Crippen molar-refractivity contribution in [3.63, 3.8) is 0 Å². The van der Waals surface area contributed by atoms with Crippen molar-refractivity contribution in [2.45, 2.75) is 0 Å². The van der Waals surface area contributed by atoms with Gasteiger partial charge >= 0.3 is 12.1 Å². The lowest BCUT2D eigenvalue weighted by Crippen LogP contribution is -2.28. The predicted octanol–water partition coefficient (Wildman–Crippen LogP) is 2.41. The van der Waals surface area contributed by atoms with Crippen LogP contribution < -0.4 is 30.3 Å². The van der Waals surface area contributed by atoms with Crippen molar-refractivity contribution in [1.82, 2.24) is 10.6 Å². The first-order valence-corrected chi connectivity index (χ1v) is 9.01. The van der Waals surface area contributed by atoms with Crippen molar-refractivity contribution < 1.29 is 19.1 Å². The Morgan fingerprint density at radius 1 is 1.14 bits per heavy atom. The van der Waals surface area contributed by atoms with E-state index in [9.17, 15) is 9.59 Å². The van der Waals surface area contributed by atoms with Gasteiger partial charge in [-0.25, -0.2) is 9.59 Å². The zero-order chi connectivity index (χ0) is 20.6. The van der Waals surface area contributed by atoms with Crippen molar-refractivity contribution in [1.29, 1.82) is 0 Å². The molecule has 4 amide bonds. The van der Waals surface area contributed by atoms with Crippen LogP contribution in [0.2, 0.25) is 0 Å². The minimum atomic E-state index is -0.384. The molecule has 29 heavy (non-hydrogen) atoms. The number of benzene rings is 2. The quantitative estimate of drug-likeness (QED) is 0.679. The number of nitrogens with zero attached hydrogens (tertiary/aromatic N) is 1. The van der Waals surface area contributed by atoms with E-state index < -0.39 is 0 Å². The zero-order valence-electron chi connectivity index (χ0n) is 16.2. The summed E-state index contributed by atoms with van der Waals surface area (Å²) in [6.07, 6.45) is 0. The molecule has 1 fully saturated rings. The van der Waals surface area contributed by atoms with Crippen molar-refractivity contribution >= 4 is 23.4 Å². The Bertz CT molecular complexity index is 925. The molecule has 3 rings (SSSR count). The van der Waals surface area contributed by atoms with E-state index in [4.69, 9.17) is 9.47 Å². The summed E-state index contributed by atoms with van der Waals surface area (Å²) in [6, 6.07) is 12.0. The lowest BCUT2D eigenvalue weighted by atomic mass is 10.2. The number of anilines is 2. The summed E-state index contributed by atoms with van der Waals surface area (Å²) >= 11 is 0. The molecule has 0 saturated carbocycles. The number of carbonyl (C=O) groups is 2. The molecule has 0 aliphatic carbocycles. The van der Waals surface area contributed by atoms with Crippen LogP contribution in [0.1, 0.15) is 5.56 Å². The lowest BCUT2D eigenvalue weighted by molar-refractivity contribution is 0.251. The van der Waals surface area contributed by atoms with Crippen LogP contribution in [-0.4, -0.2) is 45.9 Å². The molecule has 2 aromatic carbocycles. The predicted molar refractivity (Wildman–Crippen MR) is 111 cm³/mol. The normalized spacial score (nSPS) is 12.5. The van der Waals surface area contributed by atoms with Crippen LogP contribution in [0.15, 0.2) is 42.5 Å². The summed E-state index contributed by atoms with van der Waals surface area (Å²) in [7, 11) is 3.08. The number of carbonyl (C=O) groups excluding carboxylic acids is 2. The number of urea groups is 2. The number of nitrogens with one attached hydrogen (secondary N) is 3. The topological polar surface area (TPSA) is 91.9 Å². The van der Waals surface area contributed by atoms with Crippen molar-refractivity contribution in [3.05, 3.63) is 48.0 Å². The highest BCUT2D eigenvalue weighted by Crippen LogP contribution is 2.25. The highest BCUT2D eigenvalue weighted by atomic mass is 16.5. The Hall–Kier alpha value is -3.86. The van der Waals surface area contributed by atoms with Gasteiger partial charge in [-0.1, -0.05) is 11.8 Å². The largest absolute Gasteiger partial charge is 0.497 e. The summed E-state index contributed by atoms with van der Waals surface area (Å²) in [5.74, 6) is 7.03. The third kappa shape index (κ3) is 5.32. The summed E-state index contributed by atoms with van der Waals surface area (Å²) < 4.78 is 10.3. The molecule has 0 spiro atoms. The number of amides is 4. The Balaban J connectivity index is 1.51. The van der Waals surface area contributed by atoms with Gasteiger partial charge in [0.25, 0.3) is 0 Å². The first-order valence-electron chi connectivity index (χ1n) is 9.01. The highest BCUT2D eigenvalue weighted by molar-refractivity contribution is 5.94. The molecule has 1 aliphatic heterocycles. The molecule has 0 atom stereocenters. The smallest absolute Gasteiger partial charge is 0.321 e. The van der Waals surface area contributed by atoms with Crippen LogP contribution in [0, 0.1) is 11.8 Å². The molecule has 3 N–H and O–H groups in total. The van der Waals surface area contributed by atoms with Gasteiger partial charge < -0.3 is 25.4 Å². The molecule has 0 aromatic heterocycles. The molecule has 0 bridgehead atoms. The average molecular weight is 394 g/mol. The van der Waals surface area contributed by atoms with E-state index in [2.05, 4.69) is 27.8 Å². The van der Waals surface area contributed by atoms with Crippen LogP contribution in [-0.2, 0) is 0 Å². The van der Waals surface area contributed by atoms with Gasteiger partial charge in [0, 0.05) is 48.2 Å². The molecule has 150 valence electrons. The summed E-state index contributed by atoms with van der Waals surface area (Å²) in [5.41, 5.74) is 2.18. The van der Waals surface area contributed by atoms with Crippen molar-refractivity contribution in [2.75, 3.05) is 44.1 Å². The number of hydrogen-bond donors (Lipinski definition) is 3. The highest BCUT2D eigenvalue weighted by Gasteiger charge is 2.20. The maximum absolute atomic E-state index is 12.0. The standard InChI is InChI=1S/C21H22N4O4/c1-28-18-12-16(13-19(14-18)29-2)24-20(26)22-9-3-4-15-5-7-17(8-6-15)25-11-10-23-21(25)27/h5-8,12-14H,9-11H2,1-2H3,(H,23,27)(H2,22,24,26). The second-order valence-corrected chi connectivity index (χ2v) is 6.14. The maximum atomic E-state index is 12.0. The molecule has 1 heterocycles. The first-order chi connectivity index (χ1) is 14.1. The minimum absolute atomic E-state index is 0.0901. The van der Waals surface area contributed by atoms with Crippen LogP contribution in [0.25, 0.3) is 0 Å². The molecule has 0 radical (unpaired) electrons. The van der Waals surface area contributed by atoms with E-state index in [1.165, 1.54) is 0 Å². The van der Waals surface area contributed by atoms with Crippen LogP contribution in [0.3, 0.4) is 0 Å². The van der Waals surface area contributed by atoms with Crippen molar-refractivity contribution in [2.24, 2.45) is 0 Å². The molecule has 1 saturated heterocycles. The van der Waals surface area contributed by atoms with Gasteiger partial charge in [0.05, 0.1) is 20.8 Å². The van der Waals surface area contributed by atoms with Crippen molar-refractivity contribution in [3.8, 4) is 23.3 Å². The minimum Gasteiger partial charge on any atom is -0.497 e. The molecule has 1 aliphatic rings. The fraction of sp³-hybridized carbons (Fsp3) is 0.238. The SMILES string of the molecule is COc1cc(NC(=O)NCC#Cc2ccc(N3CCNC3=O)cc2)cc(OC)c1. The molecule has 0 unspecified atom stereocenters. The Morgan fingerprint density at radius 2 is 1.83 bits per heavy atom.